The molecule has 1 heterocycles. The second-order valence-corrected chi connectivity index (χ2v) is 5.21. The highest BCUT2D eigenvalue weighted by molar-refractivity contribution is 14.0. The van der Waals surface area contributed by atoms with Gasteiger partial charge in [0.1, 0.15) is 0 Å². The van der Waals surface area contributed by atoms with Gasteiger partial charge < -0.3 is 11.1 Å². The minimum Gasteiger partial charge on any atom is -0.370 e. The van der Waals surface area contributed by atoms with Crippen LogP contribution >= 0.6 is 24.0 Å². The molecule has 20 heavy (non-hydrogen) atoms. The number of hydrogen-bond donors (Lipinski definition) is 2. The Labute approximate surface area is 138 Å². The maximum Gasteiger partial charge on any atom is 0.188 e. The molecule has 0 bridgehead atoms. The highest BCUT2D eigenvalue weighted by Crippen LogP contribution is 2.28. The van der Waals surface area contributed by atoms with Gasteiger partial charge in [0.05, 0.1) is 18.3 Å². The Morgan fingerprint density at radius 3 is 2.95 bits per heavy atom. The molecule has 0 saturated heterocycles. The molecule has 1 aromatic heterocycles. The van der Waals surface area contributed by atoms with E-state index < -0.39 is 0 Å². The van der Waals surface area contributed by atoms with Gasteiger partial charge in [-0.15, -0.1) is 24.0 Å². The Hall–Kier alpha value is -0.790. The fourth-order valence-electron chi connectivity index (χ4n) is 2.45. The van der Waals surface area contributed by atoms with E-state index in [2.05, 4.69) is 33.2 Å². The summed E-state index contributed by atoms with van der Waals surface area (Å²) in [6.45, 7) is 3.61. The fraction of sp³-hybridized carbons (Fsp3) is 0.714. The van der Waals surface area contributed by atoms with Gasteiger partial charge in [0.25, 0.3) is 0 Å². The van der Waals surface area contributed by atoms with Crippen LogP contribution in [0.2, 0.25) is 0 Å². The summed E-state index contributed by atoms with van der Waals surface area (Å²) in [5.74, 6) is 0.517. The zero-order valence-electron chi connectivity index (χ0n) is 12.2. The molecule has 0 spiro atoms. The second kappa shape index (κ2) is 9.20. The van der Waals surface area contributed by atoms with E-state index in [1.54, 1.807) is 0 Å². The molecule has 114 valence electrons. The zero-order valence-corrected chi connectivity index (χ0v) is 14.5. The topological polar surface area (TPSA) is 68.2 Å². The van der Waals surface area contributed by atoms with Crippen molar-refractivity contribution in [1.82, 2.24) is 15.1 Å². The smallest absolute Gasteiger partial charge is 0.188 e. The molecule has 2 rings (SSSR count). The fourth-order valence-corrected chi connectivity index (χ4v) is 2.45. The largest absolute Gasteiger partial charge is 0.370 e. The van der Waals surface area contributed by atoms with Crippen molar-refractivity contribution >= 4 is 29.9 Å². The van der Waals surface area contributed by atoms with Crippen LogP contribution in [0, 0.1) is 0 Å². The van der Waals surface area contributed by atoms with Crippen LogP contribution < -0.4 is 11.1 Å². The van der Waals surface area contributed by atoms with Gasteiger partial charge in [-0.25, -0.2) is 4.99 Å². The van der Waals surface area contributed by atoms with Crippen LogP contribution in [0.15, 0.2) is 17.3 Å². The molecule has 0 atom stereocenters. The average molecular weight is 391 g/mol. The lowest BCUT2D eigenvalue weighted by atomic mass is 10.3. The molecule has 0 amide bonds. The zero-order chi connectivity index (χ0) is 13.5. The number of nitrogens with zero attached hydrogens (tertiary/aromatic N) is 3. The Kier molecular flexibility index (Phi) is 7.94. The molecule has 1 aliphatic carbocycles. The van der Waals surface area contributed by atoms with Crippen LogP contribution in [-0.2, 0) is 6.54 Å². The van der Waals surface area contributed by atoms with Gasteiger partial charge >= 0.3 is 0 Å². The van der Waals surface area contributed by atoms with Crippen LogP contribution in [0.5, 0.6) is 0 Å². The van der Waals surface area contributed by atoms with Crippen molar-refractivity contribution in [2.75, 3.05) is 6.54 Å². The predicted molar refractivity (Wildman–Crippen MR) is 93.4 cm³/mol. The van der Waals surface area contributed by atoms with E-state index >= 15 is 0 Å². The van der Waals surface area contributed by atoms with Crippen LogP contribution in [0.4, 0.5) is 0 Å². The SMILES string of the molecule is CCCCNC(N)=NCc1ccn(C2CCCC2)n1.I. The molecular weight excluding hydrogens is 365 g/mol. The third-order valence-electron chi connectivity index (χ3n) is 3.61. The Morgan fingerprint density at radius 1 is 1.50 bits per heavy atom. The Morgan fingerprint density at radius 2 is 2.25 bits per heavy atom. The summed E-state index contributed by atoms with van der Waals surface area (Å²) in [6, 6.07) is 2.64. The first kappa shape index (κ1) is 17.3. The van der Waals surface area contributed by atoms with E-state index in [1.165, 1.54) is 25.7 Å². The number of guanidine groups is 1. The van der Waals surface area contributed by atoms with E-state index in [0.717, 1.165) is 25.1 Å². The third-order valence-corrected chi connectivity index (χ3v) is 3.61. The average Bonchev–Trinajstić information content (AvgIpc) is 3.07. The van der Waals surface area contributed by atoms with E-state index in [1.807, 2.05) is 6.07 Å². The summed E-state index contributed by atoms with van der Waals surface area (Å²) in [7, 11) is 0. The molecule has 5 nitrogen and oxygen atoms in total. The van der Waals surface area contributed by atoms with Crippen LogP contribution in [0.3, 0.4) is 0 Å². The summed E-state index contributed by atoms with van der Waals surface area (Å²) >= 11 is 0. The maximum absolute atomic E-state index is 5.80. The number of aromatic nitrogens is 2. The van der Waals surface area contributed by atoms with E-state index in [-0.39, 0.29) is 24.0 Å². The number of aliphatic imine (C=N–C) groups is 1. The Balaban J connectivity index is 0.00000200. The molecular formula is C14H26IN5. The van der Waals surface area contributed by atoms with Crippen LogP contribution in [0.25, 0.3) is 0 Å². The second-order valence-electron chi connectivity index (χ2n) is 5.21. The molecule has 6 heteroatoms. The normalized spacial score (nSPS) is 16.1. The molecule has 1 aromatic rings. The van der Waals surface area contributed by atoms with E-state index in [0.29, 0.717) is 18.5 Å². The molecule has 1 saturated carbocycles. The van der Waals surface area contributed by atoms with Crippen molar-refractivity contribution in [3.63, 3.8) is 0 Å². The summed E-state index contributed by atoms with van der Waals surface area (Å²) in [6.07, 6.45) is 9.51. The summed E-state index contributed by atoms with van der Waals surface area (Å²) < 4.78 is 2.10. The van der Waals surface area contributed by atoms with E-state index in [9.17, 15) is 0 Å². The Bertz CT molecular complexity index is 409. The van der Waals surface area contributed by atoms with Crippen LogP contribution in [-0.4, -0.2) is 22.3 Å². The number of nitrogens with one attached hydrogen (secondary N) is 1. The lowest BCUT2D eigenvalue weighted by Crippen LogP contribution is -2.32. The van der Waals surface area contributed by atoms with Crippen LogP contribution in [0.1, 0.15) is 57.2 Å². The molecule has 0 unspecified atom stereocenters. The quantitative estimate of drug-likeness (QED) is 0.339. The number of nitrogens with two attached hydrogens (primary N) is 1. The van der Waals surface area contributed by atoms with Gasteiger partial charge in [-0.3, -0.25) is 4.68 Å². The molecule has 0 aromatic carbocycles. The van der Waals surface area contributed by atoms with Gasteiger partial charge in [0, 0.05) is 12.7 Å². The minimum absolute atomic E-state index is 0. The van der Waals surface area contributed by atoms with Crippen molar-refractivity contribution in [2.24, 2.45) is 10.7 Å². The van der Waals surface area contributed by atoms with Gasteiger partial charge in [-0.2, -0.15) is 5.10 Å². The van der Waals surface area contributed by atoms with Gasteiger partial charge in [0.2, 0.25) is 0 Å². The summed E-state index contributed by atoms with van der Waals surface area (Å²) in [5, 5.41) is 7.70. The van der Waals surface area contributed by atoms with Crippen molar-refractivity contribution in [3.8, 4) is 0 Å². The molecule has 1 fully saturated rings. The first-order valence-electron chi connectivity index (χ1n) is 7.37. The highest BCUT2D eigenvalue weighted by Gasteiger charge is 2.17. The monoisotopic (exact) mass is 391 g/mol. The number of rotatable bonds is 6. The number of unbranched alkanes of at least 4 members (excludes halogenated alkanes) is 1. The lowest BCUT2D eigenvalue weighted by molar-refractivity contribution is 0.463. The minimum atomic E-state index is 0. The number of hydrogen-bond acceptors (Lipinski definition) is 2. The van der Waals surface area contributed by atoms with Crippen molar-refractivity contribution in [3.05, 3.63) is 18.0 Å². The third kappa shape index (κ3) is 5.30. The predicted octanol–water partition coefficient (Wildman–Crippen LogP) is 2.82. The van der Waals surface area contributed by atoms with Crippen molar-refractivity contribution in [2.45, 2.75) is 58.0 Å². The maximum atomic E-state index is 5.80. The van der Waals surface area contributed by atoms with Gasteiger partial charge in [0.15, 0.2) is 5.96 Å². The molecule has 1 aliphatic rings. The lowest BCUT2D eigenvalue weighted by Gasteiger charge is -2.08. The molecule has 0 aliphatic heterocycles. The summed E-state index contributed by atoms with van der Waals surface area (Å²) in [5.41, 5.74) is 6.79. The standard InChI is InChI=1S/C14H25N5.HI/c1-2-3-9-16-14(15)17-11-12-8-10-19(18-12)13-6-4-5-7-13;/h8,10,13H,2-7,9,11H2,1H3,(H3,15,16,17);1H. The number of halogens is 1. The first-order chi connectivity index (χ1) is 9.29. The van der Waals surface area contributed by atoms with E-state index in [4.69, 9.17) is 5.73 Å². The highest BCUT2D eigenvalue weighted by atomic mass is 127. The van der Waals surface area contributed by atoms with Gasteiger partial charge in [-0.1, -0.05) is 26.2 Å². The van der Waals surface area contributed by atoms with Crippen molar-refractivity contribution < 1.29 is 0 Å². The molecule has 0 radical (unpaired) electrons. The van der Waals surface area contributed by atoms with Crippen molar-refractivity contribution in [1.29, 1.82) is 0 Å². The van der Waals surface area contributed by atoms with Gasteiger partial charge in [-0.05, 0) is 25.3 Å². The molecule has 3 N–H and O–H groups in total. The summed E-state index contributed by atoms with van der Waals surface area (Å²) in [4.78, 5) is 4.31. The first-order valence-corrected chi connectivity index (χ1v) is 7.37.